The van der Waals surface area contributed by atoms with Crippen LogP contribution in [0, 0.1) is 28.6 Å². The van der Waals surface area contributed by atoms with Gasteiger partial charge in [0.15, 0.2) is 0 Å². The first kappa shape index (κ1) is 26.0. The topological polar surface area (TPSA) is 103 Å². The Hall–Kier alpha value is -1.28. The van der Waals surface area contributed by atoms with Gasteiger partial charge in [-0.1, -0.05) is 13.3 Å². The van der Waals surface area contributed by atoms with Crippen LogP contribution in [0.3, 0.4) is 0 Å². The molecule has 0 bridgehead atoms. The summed E-state index contributed by atoms with van der Waals surface area (Å²) in [6.45, 7) is 6.60. The van der Waals surface area contributed by atoms with Gasteiger partial charge < -0.3 is 25.0 Å². The molecule has 0 aromatic heterocycles. The van der Waals surface area contributed by atoms with Crippen LogP contribution in [-0.2, 0) is 9.53 Å². The van der Waals surface area contributed by atoms with E-state index in [1.165, 1.54) is 19.3 Å². The van der Waals surface area contributed by atoms with Gasteiger partial charge in [-0.25, -0.2) is 4.79 Å². The highest BCUT2D eigenvalue weighted by Gasteiger charge is 2.71. The molecule has 8 atom stereocenters. The second kappa shape index (κ2) is 9.42. The molecule has 1 saturated heterocycles. The minimum atomic E-state index is -0.975. The molecule has 0 radical (unpaired) electrons. The summed E-state index contributed by atoms with van der Waals surface area (Å²) in [6, 6.07) is 0. The maximum atomic E-state index is 12.5. The molecule has 0 unspecified atom stereocenters. The molecule has 6 rings (SSSR count). The Morgan fingerprint density at radius 3 is 2.59 bits per heavy atom. The van der Waals surface area contributed by atoms with E-state index in [1.54, 1.807) is 6.08 Å². The molecular weight excluding hydrogens is 468 g/mol. The van der Waals surface area contributed by atoms with Crippen LogP contribution in [0.5, 0.6) is 0 Å². The molecule has 0 aromatic carbocycles. The maximum Gasteiger partial charge on any atom is 0.331 e. The lowest BCUT2D eigenvalue weighted by molar-refractivity contribution is -0.237. The second-order valence-electron chi connectivity index (χ2n) is 13.5. The van der Waals surface area contributed by atoms with Crippen molar-refractivity contribution in [3.05, 3.63) is 11.6 Å². The summed E-state index contributed by atoms with van der Waals surface area (Å²) in [4.78, 5) is 19.3. The molecule has 37 heavy (non-hydrogen) atoms. The summed E-state index contributed by atoms with van der Waals surface area (Å²) in [7, 11) is 0. The van der Waals surface area contributed by atoms with Gasteiger partial charge >= 0.3 is 5.97 Å². The monoisotopic (exact) mass is 514 g/mol. The van der Waals surface area contributed by atoms with Crippen LogP contribution in [0.2, 0.25) is 0 Å². The van der Waals surface area contributed by atoms with Gasteiger partial charge in [-0.3, -0.25) is 4.99 Å². The molecule has 4 aliphatic carbocycles. The molecule has 2 heterocycles. The Labute approximate surface area is 221 Å². The summed E-state index contributed by atoms with van der Waals surface area (Å²) in [5, 5.41) is 35.2. The van der Waals surface area contributed by atoms with Crippen molar-refractivity contribution in [3.63, 3.8) is 0 Å². The van der Waals surface area contributed by atoms with E-state index in [-0.39, 0.29) is 29.1 Å². The van der Waals surface area contributed by atoms with E-state index in [0.717, 1.165) is 70.3 Å². The zero-order chi connectivity index (χ0) is 25.9. The molecule has 5 fully saturated rings. The number of hydrogen-bond acceptors (Lipinski definition) is 7. The van der Waals surface area contributed by atoms with Crippen LogP contribution in [0.1, 0.15) is 84.0 Å². The number of ether oxygens (including phenoxy) is 1. The lowest BCUT2D eigenvalue weighted by Crippen LogP contribution is -2.68. The van der Waals surface area contributed by atoms with Crippen molar-refractivity contribution in [1.82, 2.24) is 4.90 Å². The predicted octanol–water partition coefficient (Wildman–Crippen LogP) is 3.26. The summed E-state index contributed by atoms with van der Waals surface area (Å²) in [6.07, 6.45) is 13.7. The SMILES string of the molecule is C[C@]12CC[C@H]3[C@@H](CC[C@]4(O)C[C@@H](O)CC[C@]34C=NCCN3CCCCC3)[C@@]1(O)CC[C@@H]2C1=CC(=O)OC1. The van der Waals surface area contributed by atoms with Gasteiger partial charge in [-0.15, -0.1) is 0 Å². The maximum absolute atomic E-state index is 12.5. The first-order chi connectivity index (χ1) is 17.7. The zero-order valence-electron chi connectivity index (χ0n) is 22.5. The van der Waals surface area contributed by atoms with Crippen LogP contribution in [0.25, 0.3) is 0 Å². The third-order valence-corrected chi connectivity index (χ3v) is 12.0. The highest BCUT2D eigenvalue weighted by atomic mass is 16.5. The Bertz CT molecular complexity index is 962. The number of nitrogens with zero attached hydrogens (tertiary/aromatic N) is 2. The fraction of sp³-hybridized carbons (Fsp3) is 0.867. The second-order valence-corrected chi connectivity index (χ2v) is 13.5. The lowest BCUT2D eigenvalue weighted by atomic mass is 9.41. The third-order valence-electron chi connectivity index (χ3n) is 12.0. The summed E-state index contributed by atoms with van der Waals surface area (Å²) in [5.74, 6) is 0.127. The van der Waals surface area contributed by atoms with Crippen LogP contribution in [0.15, 0.2) is 16.6 Å². The van der Waals surface area contributed by atoms with Crippen LogP contribution in [-0.4, -0.2) is 82.5 Å². The molecular formula is C30H46N2O5. The summed E-state index contributed by atoms with van der Waals surface area (Å²) < 4.78 is 5.26. The van der Waals surface area contributed by atoms with E-state index in [1.807, 2.05) is 0 Å². The largest absolute Gasteiger partial charge is 0.458 e. The quantitative estimate of drug-likeness (QED) is 0.385. The average Bonchev–Trinajstić information content (AvgIpc) is 3.42. The molecule has 4 saturated carbocycles. The minimum absolute atomic E-state index is 0.0823. The fourth-order valence-corrected chi connectivity index (χ4v) is 9.97. The molecule has 7 nitrogen and oxygen atoms in total. The summed E-state index contributed by atoms with van der Waals surface area (Å²) in [5.41, 5.74) is -1.57. The van der Waals surface area contributed by atoms with Crippen molar-refractivity contribution in [2.24, 2.45) is 33.6 Å². The normalized spacial score (nSPS) is 48.3. The van der Waals surface area contributed by atoms with Crippen LogP contribution >= 0.6 is 0 Å². The number of piperidine rings is 1. The van der Waals surface area contributed by atoms with Gasteiger partial charge in [0.25, 0.3) is 0 Å². The van der Waals surface area contributed by atoms with Gasteiger partial charge in [-0.2, -0.15) is 0 Å². The van der Waals surface area contributed by atoms with E-state index in [4.69, 9.17) is 9.73 Å². The average molecular weight is 515 g/mol. The smallest absolute Gasteiger partial charge is 0.331 e. The molecule has 0 spiro atoms. The standard InChI is InChI=1S/C30H46N2O5/c1-27-9-6-24-25(30(27,36)12-8-23(27)21-17-26(34)37-19-21)7-11-29(35)18-22(33)5-10-28(24,29)20-31-13-16-32-14-3-2-4-15-32/h17,20,22-25,33,35-36H,2-16,18-19H2,1H3/t22-,23+,24-,25+,27+,28-,29-,30-/m0/s1. The van der Waals surface area contributed by atoms with E-state index in [2.05, 4.69) is 18.0 Å². The predicted molar refractivity (Wildman–Crippen MR) is 141 cm³/mol. The number of rotatable bonds is 5. The van der Waals surface area contributed by atoms with E-state index >= 15 is 0 Å². The highest BCUT2D eigenvalue weighted by Crippen LogP contribution is 2.70. The molecule has 6 aliphatic rings. The minimum Gasteiger partial charge on any atom is -0.458 e. The lowest BCUT2D eigenvalue weighted by Gasteiger charge is -2.65. The number of aliphatic hydroxyl groups is 3. The number of carbonyl (C=O) groups is 1. The molecule has 3 N–H and O–H groups in total. The van der Waals surface area contributed by atoms with Crippen LogP contribution in [0.4, 0.5) is 0 Å². The number of aliphatic imine (C=N–C) groups is 1. The molecule has 7 heteroatoms. The number of aliphatic hydroxyl groups excluding tert-OH is 1. The number of fused-ring (bicyclic) bond motifs is 5. The Morgan fingerprint density at radius 2 is 1.84 bits per heavy atom. The van der Waals surface area contributed by atoms with Crippen LogP contribution < -0.4 is 0 Å². The number of esters is 1. The molecule has 206 valence electrons. The van der Waals surface area contributed by atoms with Crippen molar-refractivity contribution in [1.29, 1.82) is 0 Å². The Kier molecular flexibility index (Phi) is 6.62. The highest BCUT2D eigenvalue weighted by molar-refractivity contribution is 5.85. The van der Waals surface area contributed by atoms with Crippen molar-refractivity contribution in [2.75, 3.05) is 32.8 Å². The number of carbonyl (C=O) groups excluding carboxylic acids is 1. The third kappa shape index (κ3) is 3.97. The van der Waals surface area contributed by atoms with Crippen molar-refractivity contribution in [3.8, 4) is 0 Å². The molecule has 0 amide bonds. The summed E-state index contributed by atoms with van der Waals surface area (Å²) >= 11 is 0. The van der Waals surface area contributed by atoms with Gasteiger partial charge in [0.2, 0.25) is 0 Å². The van der Waals surface area contributed by atoms with Gasteiger partial charge in [-0.05, 0) is 101 Å². The van der Waals surface area contributed by atoms with Crippen molar-refractivity contribution in [2.45, 2.75) is 101 Å². The van der Waals surface area contributed by atoms with Crippen molar-refractivity contribution < 1.29 is 24.9 Å². The van der Waals surface area contributed by atoms with Gasteiger partial charge in [0.1, 0.15) is 6.61 Å². The van der Waals surface area contributed by atoms with E-state index in [0.29, 0.717) is 25.9 Å². The van der Waals surface area contributed by atoms with Crippen molar-refractivity contribution >= 4 is 12.2 Å². The van der Waals surface area contributed by atoms with E-state index in [9.17, 15) is 20.1 Å². The zero-order valence-corrected chi connectivity index (χ0v) is 22.5. The molecule has 0 aromatic rings. The Morgan fingerprint density at radius 1 is 1.05 bits per heavy atom. The van der Waals surface area contributed by atoms with E-state index < -0.39 is 22.7 Å². The number of cyclic esters (lactones) is 1. The first-order valence-corrected chi connectivity index (χ1v) is 14.9. The first-order valence-electron chi connectivity index (χ1n) is 14.9. The fourth-order valence-electron chi connectivity index (χ4n) is 9.97. The number of likely N-dealkylation sites (tertiary alicyclic amines) is 1. The van der Waals surface area contributed by atoms with Gasteiger partial charge in [0.05, 0.1) is 23.9 Å². The van der Waals surface area contributed by atoms with Gasteiger partial charge in [0, 0.05) is 36.1 Å². The number of hydrogen-bond donors (Lipinski definition) is 3. The Balaban J connectivity index is 1.28. The molecule has 2 aliphatic heterocycles.